The third-order valence-electron chi connectivity index (χ3n) is 2.29. The summed E-state index contributed by atoms with van der Waals surface area (Å²) in [6.45, 7) is 1.39. The molecule has 1 aliphatic rings. The van der Waals surface area contributed by atoms with Crippen molar-refractivity contribution in [3.63, 3.8) is 0 Å². The summed E-state index contributed by atoms with van der Waals surface area (Å²) >= 11 is 0. The monoisotopic (exact) mass is 183 g/mol. The van der Waals surface area contributed by atoms with Gasteiger partial charge in [-0.15, -0.1) is 0 Å². The van der Waals surface area contributed by atoms with Crippen molar-refractivity contribution in [2.75, 3.05) is 6.61 Å². The molecule has 1 unspecified atom stereocenters. The molecule has 5 nitrogen and oxygen atoms in total. The van der Waals surface area contributed by atoms with Crippen LogP contribution in [-0.2, 0) is 18.3 Å². The number of hydrogen-bond acceptors (Lipinski definition) is 3. The molecule has 0 N–H and O–H groups in total. The summed E-state index contributed by atoms with van der Waals surface area (Å²) in [5.41, 5.74) is -0.0736. The molecule has 0 bridgehead atoms. The molecule has 0 aromatic carbocycles. The van der Waals surface area contributed by atoms with Crippen LogP contribution in [0.25, 0.3) is 0 Å². The fraction of sp³-hybridized carbons (Fsp3) is 0.750. The molecule has 1 fully saturated rings. The lowest BCUT2D eigenvalue weighted by Crippen LogP contribution is -2.28. The van der Waals surface area contributed by atoms with E-state index in [2.05, 4.69) is 5.10 Å². The Bertz CT molecular complexity index is 335. The molecule has 1 aromatic heterocycles. The second kappa shape index (κ2) is 3.33. The van der Waals surface area contributed by atoms with Crippen LogP contribution < -0.4 is 5.69 Å². The summed E-state index contributed by atoms with van der Waals surface area (Å²) in [5, 5.41) is 3.97. The average molecular weight is 183 g/mol. The normalized spacial score (nSPS) is 22.4. The third-order valence-corrected chi connectivity index (χ3v) is 2.29. The van der Waals surface area contributed by atoms with E-state index >= 15 is 0 Å². The molecule has 0 spiro atoms. The summed E-state index contributed by atoms with van der Waals surface area (Å²) in [6, 6.07) is 0. The molecule has 13 heavy (non-hydrogen) atoms. The average Bonchev–Trinajstić information content (AvgIpc) is 2.71. The van der Waals surface area contributed by atoms with Crippen LogP contribution >= 0.6 is 0 Å². The van der Waals surface area contributed by atoms with Crippen LogP contribution in [0.3, 0.4) is 0 Å². The largest absolute Gasteiger partial charge is 0.376 e. The Morgan fingerprint density at radius 2 is 2.62 bits per heavy atom. The highest BCUT2D eigenvalue weighted by molar-refractivity contribution is 4.70. The number of aryl methyl sites for hydroxylation is 1. The van der Waals surface area contributed by atoms with Gasteiger partial charge >= 0.3 is 5.69 Å². The fourth-order valence-electron chi connectivity index (χ4n) is 1.53. The molecule has 0 saturated carbocycles. The zero-order valence-corrected chi connectivity index (χ0v) is 7.64. The number of aromatic nitrogens is 3. The fourth-order valence-corrected chi connectivity index (χ4v) is 1.53. The zero-order chi connectivity index (χ0) is 9.26. The molecule has 1 atom stereocenters. The third kappa shape index (κ3) is 1.65. The smallest absolute Gasteiger partial charge is 0.345 e. The van der Waals surface area contributed by atoms with Crippen molar-refractivity contribution < 1.29 is 4.74 Å². The van der Waals surface area contributed by atoms with Gasteiger partial charge < -0.3 is 4.74 Å². The summed E-state index contributed by atoms with van der Waals surface area (Å²) in [5.74, 6) is 0. The van der Waals surface area contributed by atoms with Gasteiger partial charge in [0.2, 0.25) is 0 Å². The molecule has 1 aromatic rings. The Morgan fingerprint density at radius 1 is 1.77 bits per heavy atom. The molecule has 2 heterocycles. The standard InChI is InChI=1S/C8H13N3O2/c1-10-6-9-11(8(10)12)5-7-3-2-4-13-7/h6-7H,2-5H2,1H3. The van der Waals surface area contributed by atoms with Crippen LogP contribution in [0, 0.1) is 0 Å². The minimum absolute atomic E-state index is 0.0736. The highest BCUT2D eigenvalue weighted by atomic mass is 16.5. The van der Waals surface area contributed by atoms with Crippen molar-refractivity contribution in [3.8, 4) is 0 Å². The van der Waals surface area contributed by atoms with Crippen LogP contribution in [0.1, 0.15) is 12.8 Å². The Balaban J connectivity index is 2.09. The number of hydrogen-bond donors (Lipinski definition) is 0. The van der Waals surface area contributed by atoms with Gasteiger partial charge in [-0.3, -0.25) is 4.57 Å². The Kier molecular flexibility index (Phi) is 2.18. The summed E-state index contributed by atoms with van der Waals surface area (Å²) < 4.78 is 8.33. The molecule has 0 aliphatic carbocycles. The van der Waals surface area contributed by atoms with E-state index in [-0.39, 0.29) is 11.8 Å². The van der Waals surface area contributed by atoms with Crippen molar-refractivity contribution in [2.45, 2.75) is 25.5 Å². The molecule has 1 saturated heterocycles. The van der Waals surface area contributed by atoms with Crippen molar-refractivity contribution in [3.05, 3.63) is 16.8 Å². The number of nitrogens with zero attached hydrogens (tertiary/aromatic N) is 3. The van der Waals surface area contributed by atoms with Gasteiger partial charge in [0.1, 0.15) is 6.33 Å². The maximum Gasteiger partial charge on any atom is 0.345 e. The van der Waals surface area contributed by atoms with E-state index in [4.69, 9.17) is 4.74 Å². The Labute approximate surface area is 75.9 Å². The van der Waals surface area contributed by atoms with Crippen molar-refractivity contribution in [1.29, 1.82) is 0 Å². The Hall–Kier alpha value is -1.10. The first-order chi connectivity index (χ1) is 6.27. The van der Waals surface area contributed by atoms with Gasteiger partial charge in [-0.05, 0) is 12.8 Å². The van der Waals surface area contributed by atoms with Gasteiger partial charge in [-0.1, -0.05) is 0 Å². The molecular formula is C8H13N3O2. The molecule has 2 rings (SSSR count). The van der Waals surface area contributed by atoms with Crippen LogP contribution in [0.5, 0.6) is 0 Å². The Morgan fingerprint density at radius 3 is 3.15 bits per heavy atom. The quantitative estimate of drug-likeness (QED) is 0.636. The topological polar surface area (TPSA) is 49.0 Å². The van der Waals surface area contributed by atoms with E-state index in [0.29, 0.717) is 6.54 Å². The van der Waals surface area contributed by atoms with Gasteiger partial charge in [0.25, 0.3) is 0 Å². The van der Waals surface area contributed by atoms with E-state index in [9.17, 15) is 4.79 Å². The minimum Gasteiger partial charge on any atom is -0.376 e. The summed E-state index contributed by atoms with van der Waals surface area (Å²) in [7, 11) is 1.70. The lowest BCUT2D eigenvalue weighted by molar-refractivity contribution is 0.0929. The highest BCUT2D eigenvalue weighted by Gasteiger charge is 2.17. The number of ether oxygens (including phenoxy) is 1. The maximum atomic E-state index is 11.4. The van der Waals surface area contributed by atoms with E-state index < -0.39 is 0 Å². The lowest BCUT2D eigenvalue weighted by atomic mass is 10.2. The predicted octanol–water partition coefficient (Wildman–Crippen LogP) is -0.239. The van der Waals surface area contributed by atoms with Crippen LogP contribution in [0.2, 0.25) is 0 Å². The van der Waals surface area contributed by atoms with Crippen molar-refractivity contribution in [1.82, 2.24) is 14.3 Å². The van der Waals surface area contributed by atoms with Gasteiger partial charge in [0.05, 0.1) is 12.6 Å². The lowest BCUT2D eigenvalue weighted by Gasteiger charge is -2.06. The first-order valence-corrected chi connectivity index (χ1v) is 4.47. The highest BCUT2D eigenvalue weighted by Crippen LogP contribution is 2.12. The molecule has 0 amide bonds. The minimum atomic E-state index is -0.0736. The van der Waals surface area contributed by atoms with Crippen molar-refractivity contribution in [2.24, 2.45) is 7.05 Å². The molecule has 72 valence electrons. The van der Waals surface area contributed by atoms with E-state index in [0.717, 1.165) is 19.4 Å². The molecular weight excluding hydrogens is 170 g/mol. The first-order valence-electron chi connectivity index (χ1n) is 4.47. The first kappa shape index (κ1) is 8.50. The van der Waals surface area contributed by atoms with Gasteiger partial charge in [-0.25, -0.2) is 9.48 Å². The van der Waals surface area contributed by atoms with Crippen LogP contribution in [-0.4, -0.2) is 27.1 Å². The van der Waals surface area contributed by atoms with E-state index in [1.807, 2.05) is 0 Å². The zero-order valence-electron chi connectivity index (χ0n) is 7.64. The van der Waals surface area contributed by atoms with Gasteiger partial charge in [0, 0.05) is 13.7 Å². The van der Waals surface area contributed by atoms with Gasteiger partial charge in [0.15, 0.2) is 0 Å². The van der Waals surface area contributed by atoms with Crippen molar-refractivity contribution >= 4 is 0 Å². The van der Waals surface area contributed by atoms with Crippen LogP contribution in [0.4, 0.5) is 0 Å². The predicted molar refractivity (Wildman–Crippen MR) is 46.4 cm³/mol. The van der Waals surface area contributed by atoms with E-state index in [1.54, 1.807) is 7.05 Å². The molecule has 1 aliphatic heterocycles. The number of rotatable bonds is 2. The second-order valence-corrected chi connectivity index (χ2v) is 3.34. The van der Waals surface area contributed by atoms with Gasteiger partial charge in [-0.2, -0.15) is 5.10 Å². The SMILES string of the molecule is Cn1cnn(CC2CCCO2)c1=O. The maximum absolute atomic E-state index is 11.4. The summed E-state index contributed by atoms with van der Waals surface area (Å²) in [4.78, 5) is 11.4. The van der Waals surface area contributed by atoms with Crippen LogP contribution in [0.15, 0.2) is 11.1 Å². The molecule has 5 heteroatoms. The molecule has 0 radical (unpaired) electrons. The summed E-state index contributed by atoms with van der Waals surface area (Å²) in [6.07, 6.45) is 3.82. The second-order valence-electron chi connectivity index (χ2n) is 3.34. The van der Waals surface area contributed by atoms with E-state index in [1.165, 1.54) is 15.6 Å².